The van der Waals surface area contributed by atoms with Crippen molar-refractivity contribution in [3.8, 4) is 0 Å². The minimum atomic E-state index is -3.83. The SMILES string of the molecule is CCC(C)Cc1ccc(S(=O)(=O)N[C@H](C(=O)O)C(C)C)cc1. The van der Waals surface area contributed by atoms with E-state index in [1.807, 2.05) is 0 Å². The first kappa shape index (κ1) is 18.6. The highest BCUT2D eigenvalue weighted by atomic mass is 32.2. The lowest BCUT2D eigenvalue weighted by atomic mass is 9.99. The van der Waals surface area contributed by atoms with Gasteiger partial charge in [0.15, 0.2) is 0 Å². The lowest BCUT2D eigenvalue weighted by Gasteiger charge is -2.18. The molecule has 5 nitrogen and oxygen atoms in total. The lowest BCUT2D eigenvalue weighted by Crippen LogP contribution is -2.44. The van der Waals surface area contributed by atoms with E-state index in [-0.39, 0.29) is 10.8 Å². The summed E-state index contributed by atoms with van der Waals surface area (Å²) in [6, 6.07) is 5.49. The average molecular weight is 327 g/mol. The highest BCUT2D eigenvalue weighted by Crippen LogP contribution is 2.16. The van der Waals surface area contributed by atoms with Crippen LogP contribution in [0.4, 0.5) is 0 Å². The first-order valence-electron chi connectivity index (χ1n) is 7.51. The van der Waals surface area contributed by atoms with E-state index in [4.69, 9.17) is 5.11 Å². The van der Waals surface area contributed by atoms with Crippen molar-refractivity contribution < 1.29 is 18.3 Å². The molecule has 1 aromatic rings. The predicted molar refractivity (Wildman–Crippen MR) is 86.2 cm³/mol. The molecule has 0 aromatic heterocycles. The molecule has 1 unspecified atom stereocenters. The molecule has 0 saturated carbocycles. The van der Waals surface area contributed by atoms with E-state index in [2.05, 4.69) is 18.6 Å². The molecule has 2 N–H and O–H groups in total. The standard InChI is InChI=1S/C16H25NO4S/c1-5-12(4)10-13-6-8-14(9-7-13)22(20,21)17-15(11(2)3)16(18)19/h6-9,11-12,15,17H,5,10H2,1-4H3,(H,18,19)/t12?,15-/m0/s1. The van der Waals surface area contributed by atoms with Gasteiger partial charge < -0.3 is 5.11 Å². The molecule has 0 aliphatic carbocycles. The van der Waals surface area contributed by atoms with E-state index in [1.165, 1.54) is 12.1 Å². The fraction of sp³-hybridized carbons (Fsp3) is 0.562. The van der Waals surface area contributed by atoms with E-state index < -0.39 is 22.0 Å². The van der Waals surface area contributed by atoms with Crippen molar-refractivity contribution in [2.75, 3.05) is 0 Å². The Morgan fingerprint density at radius 3 is 2.14 bits per heavy atom. The van der Waals surface area contributed by atoms with Crippen LogP contribution in [0.3, 0.4) is 0 Å². The van der Waals surface area contributed by atoms with Crippen LogP contribution in [-0.4, -0.2) is 25.5 Å². The van der Waals surface area contributed by atoms with Crippen molar-refractivity contribution in [1.29, 1.82) is 0 Å². The predicted octanol–water partition coefficient (Wildman–Crippen LogP) is 2.66. The summed E-state index contributed by atoms with van der Waals surface area (Å²) in [5.74, 6) is -0.971. The molecule has 124 valence electrons. The van der Waals surface area contributed by atoms with Crippen molar-refractivity contribution in [3.63, 3.8) is 0 Å². The second kappa shape index (κ2) is 7.74. The number of hydrogen-bond acceptors (Lipinski definition) is 3. The Morgan fingerprint density at radius 1 is 1.18 bits per heavy atom. The maximum atomic E-state index is 12.3. The Balaban J connectivity index is 2.91. The minimum absolute atomic E-state index is 0.0901. The van der Waals surface area contributed by atoms with Gasteiger partial charge in [-0.1, -0.05) is 46.2 Å². The monoisotopic (exact) mass is 327 g/mol. The van der Waals surface area contributed by atoms with Gasteiger partial charge in [0.2, 0.25) is 10.0 Å². The molecule has 0 bridgehead atoms. The number of carboxylic acids is 1. The fourth-order valence-electron chi connectivity index (χ4n) is 2.06. The van der Waals surface area contributed by atoms with Crippen LogP contribution in [0.2, 0.25) is 0 Å². The summed E-state index contributed by atoms with van der Waals surface area (Å²) < 4.78 is 26.8. The van der Waals surface area contributed by atoms with Gasteiger partial charge in [0.05, 0.1) is 4.90 Å². The Hall–Kier alpha value is -1.40. The number of rotatable bonds is 8. The molecular formula is C16H25NO4S. The van der Waals surface area contributed by atoms with Crippen molar-refractivity contribution in [1.82, 2.24) is 4.72 Å². The lowest BCUT2D eigenvalue weighted by molar-refractivity contribution is -0.140. The second-order valence-corrected chi connectivity index (χ2v) is 7.76. The molecule has 1 aromatic carbocycles. The van der Waals surface area contributed by atoms with Crippen molar-refractivity contribution in [2.45, 2.75) is 51.5 Å². The quantitative estimate of drug-likeness (QED) is 0.769. The van der Waals surface area contributed by atoms with E-state index >= 15 is 0 Å². The molecule has 0 aliphatic rings. The largest absolute Gasteiger partial charge is 0.480 e. The molecule has 0 amide bonds. The zero-order valence-corrected chi connectivity index (χ0v) is 14.4. The molecule has 0 spiro atoms. The first-order chi connectivity index (χ1) is 10.2. The van der Waals surface area contributed by atoms with Gasteiger partial charge in [-0.25, -0.2) is 8.42 Å². The summed E-state index contributed by atoms with van der Waals surface area (Å²) in [4.78, 5) is 11.2. The van der Waals surface area contributed by atoms with Crippen LogP contribution in [-0.2, 0) is 21.2 Å². The minimum Gasteiger partial charge on any atom is -0.480 e. The van der Waals surface area contributed by atoms with Gasteiger partial charge in [-0.2, -0.15) is 4.72 Å². The highest BCUT2D eigenvalue weighted by molar-refractivity contribution is 7.89. The van der Waals surface area contributed by atoms with Gasteiger partial charge in [0.25, 0.3) is 0 Å². The molecule has 0 fully saturated rings. The summed E-state index contributed by atoms with van der Waals surface area (Å²) in [7, 11) is -3.83. The number of aliphatic carboxylic acids is 1. The van der Waals surface area contributed by atoms with Gasteiger partial charge >= 0.3 is 5.97 Å². The average Bonchev–Trinajstić information content (AvgIpc) is 2.44. The summed E-state index contributed by atoms with van der Waals surface area (Å²) >= 11 is 0. The van der Waals surface area contributed by atoms with Gasteiger partial charge in [-0.3, -0.25) is 4.79 Å². The van der Waals surface area contributed by atoms with Crippen LogP contribution in [0.1, 0.15) is 39.7 Å². The number of nitrogens with one attached hydrogen (secondary N) is 1. The molecule has 6 heteroatoms. The van der Waals surface area contributed by atoms with E-state index in [0.29, 0.717) is 5.92 Å². The van der Waals surface area contributed by atoms with Crippen LogP contribution >= 0.6 is 0 Å². The van der Waals surface area contributed by atoms with E-state index in [1.54, 1.807) is 26.0 Å². The van der Waals surface area contributed by atoms with Crippen LogP contribution < -0.4 is 4.72 Å². The number of sulfonamides is 1. The third kappa shape index (κ3) is 5.10. The summed E-state index contributed by atoms with van der Waals surface area (Å²) in [5.41, 5.74) is 1.08. The number of hydrogen-bond donors (Lipinski definition) is 2. The zero-order valence-electron chi connectivity index (χ0n) is 13.5. The van der Waals surface area contributed by atoms with Gasteiger partial charge in [0, 0.05) is 0 Å². The Kier molecular flexibility index (Phi) is 6.56. The van der Waals surface area contributed by atoms with Crippen molar-refractivity contribution in [2.24, 2.45) is 11.8 Å². The molecule has 22 heavy (non-hydrogen) atoms. The number of carboxylic acid groups (broad SMARTS) is 1. The molecule has 2 atom stereocenters. The third-order valence-electron chi connectivity index (χ3n) is 3.73. The third-order valence-corrected chi connectivity index (χ3v) is 5.19. The molecule has 0 heterocycles. The first-order valence-corrected chi connectivity index (χ1v) is 8.99. The zero-order chi connectivity index (χ0) is 16.9. The van der Waals surface area contributed by atoms with E-state index in [0.717, 1.165) is 18.4 Å². The van der Waals surface area contributed by atoms with Gasteiger partial charge in [-0.05, 0) is 36.0 Å². The maximum Gasteiger partial charge on any atom is 0.322 e. The number of benzene rings is 1. The Bertz CT molecular complexity index is 593. The normalized spacial score (nSPS) is 14.8. The maximum absolute atomic E-state index is 12.3. The summed E-state index contributed by atoms with van der Waals surface area (Å²) in [5, 5.41) is 9.10. The molecule has 0 saturated heterocycles. The molecule has 1 rings (SSSR count). The molecule has 0 radical (unpaired) electrons. The van der Waals surface area contributed by atoms with Crippen LogP contribution in [0.25, 0.3) is 0 Å². The molecular weight excluding hydrogens is 302 g/mol. The molecule has 0 aliphatic heterocycles. The smallest absolute Gasteiger partial charge is 0.322 e. The van der Waals surface area contributed by atoms with Crippen molar-refractivity contribution >= 4 is 16.0 Å². The highest BCUT2D eigenvalue weighted by Gasteiger charge is 2.27. The number of carbonyl (C=O) groups is 1. The van der Waals surface area contributed by atoms with Gasteiger partial charge in [0.1, 0.15) is 6.04 Å². The van der Waals surface area contributed by atoms with Crippen molar-refractivity contribution in [3.05, 3.63) is 29.8 Å². The second-order valence-electron chi connectivity index (χ2n) is 6.04. The fourth-order valence-corrected chi connectivity index (χ4v) is 3.40. The Morgan fingerprint density at radius 2 is 1.73 bits per heavy atom. The Labute approximate surface area is 132 Å². The van der Waals surface area contributed by atoms with Crippen LogP contribution in [0.5, 0.6) is 0 Å². The van der Waals surface area contributed by atoms with Gasteiger partial charge in [-0.15, -0.1) is 0 Å². The van der Waals surface area contributed by atoms with Crippen LogP contribution in [0.15, 0.2) is 29.2 Å². The summed E-state index contributed by atoms with van der Waals surface area (Å²) in [6.07, 6.45) is 1.96. The topological polar surface area (TPSA) is 83.5 Å². The van der Waals surface area contributed by atoms with Crippen LogP contribution in [0, 0.1) is 11.8 Å². The summed E-state index contributed by atoms with van der Waals surface area (Å²) in [6.45, 7) is 7.59. The van der Waals surface area contributed by atoms with E-state index in [9.17, 15) is 13.2 Å².